The fourth-order valence-corrected chi connectivity index (χ4v) is 10.1. The van der Waals surface area contributed by atoms with Gasteiger partial charge in [0.2, 0.25) is 0 Å². The molecule has 3 heterocycles. The zero-order valence-corrected chi connectivity index (χ0v) is 41.5. The fourth-order valence-electron chi connectivity index (χ4n) is 10.1. The first-order chi connectivity index (χ1) is 43.5. The van der Waals surface area contributed by atoms with Gasteiger partial charge in [0.05, 0.1) is 48.7 Å². The maximum Gasteiger partial charge on any atom is 0.143 e. The summed E-state index contributed by atoms with van der Waals surface area (Å²) in [5, 5.41) is 1.84. The highest BCUT2D eigenvalue weighted by Gasteiger charge is 2.31. The van der Waals surface area contributed by atoms with Crippen molar-refractivity contribution in [2.24, 2.45) is 0 Å². The molecule has 2 aromatic heterocycles. The molecule has 0 atom stereocenters. The highest BCUT2D eigenvalue weighted by Crippen LogP contribution is 2.51. The Labute approximate surface area is 465 Å². The summed E-state index contributed by atoms with van der Waals surface area (Å²) in [7, 11) is 0. The first-order valence-corrected chi connectivity index (χ1v) is 24.7. The van der Waals surface area contributed by atoms with Crippen LogP contribution in [0.2, 0.25) is 0 Å². The van der Waals surface area contributed by atoms with Crippen LogP contribution in [0, 0.1) is 0 Å². The van der Waals surface area contributed by atoms with Gasteiger partial charge in [-0.3, -0.25) is 4.57 Å². The van der Waals surface area contributed by atoms with Gasteiger partial charge in [-0.15, -0.1) is 0 Å². The van der Waals surface area contributed by atoms with Crippen LogP contribution in [0.3, 0.4) is 0 Å². The Morgan fingerprint density at radius 1 is 0.447 bits per heavy atom. The van der Waals surface area contributed by atoms with E-state index in [1.807, 2.05) is 124 Å². The lowest BCUT2D eigenvalue weighted by Gasteiger charge is -2.27. The first-order valence-electron chi connectivity index (χ1n) is 32.2. The molecule has 10 aromatic carbocycles. The molecule has 0 radical (unpaired) electrons. The predicted molar refractivity (Wildman–Crippen MR) is 314 cm³/mol. The molecule has 1 aliphatic rings. The van der Waals surface area contributed by atoms with Crippen molar-refractivity contribution in [2.45, 2.75) is 26.2 Å². The number of para-hydroxylation sites is 5. The molecular formula is C70H54N4O2. The van der Waals surface area contributed by atoms with E-state index in [4.69, 9.17) is 35.0 Å². The highest BCUT2D eigenvalue weighted by atomic mass is 16.5. The van der Waals surface area contributed by atoms with E-state index < -0.39 is 78.6 Å². The molecule has 0 spiro atoms. The maximum absolute atomic E-state index is 9.10. The fraction of sp³-hybridized carbons (Fsp3) is 0.0714. The maximum atomic E-state index is 9.10. The van der Waals surface area contributed by atoms with E-state index in [1.54, 1.807) is 48.7 Å². The zero-order valence-electron chi connectivity index (χ0n) is 56.5. The molecule has 76 heavy (non-hydrogen) atoms. The molecule has 0 fully saturated rings. The monoisotopic (exact) mass is 998 g/mol. The number of ether oxygens (including phenoxy) is 2. The summed E-state index contributed by atoms with van der Waals surface area (Å²) in [6.07, 6.45) is 1.63. The molecule has 0 saturated carbocycles. The van der Waals surface area contributed by atoms with E-state index in [2.05, 4.69) is 32.9 Å². The normalized spacial score (nSPS) is 15.1. The van der Waals surface area contributed by atoms with Gasteiger partial charge in [-0.05, 0) is 81.8 Å². The van der Waals surface area contributed by atoms with Gasteiger partial charge in [0, 0.05) is 63.1 Å². The molecule has 1 aliphatic heterocycles. The van der Waals surface area contributed by atoms with E-state index in [1.165, 1.54) is 0 Å². The van der Waals surface area contributed by atoms with Crippen LogP contribution in [0.15, 0.2) is 261 Å². The lowest BCUT2D eigenvalue weighted by atomic mass is 9.86. The van der Waals surface area contributed by atoms with Gasteiger partial charge in [0.15, 0.2) is 0 Å². The van der Waals surface area contributed by atoms with Crippen LogP contribution in [0.5, 0.6) is 23.0 Å². The standard InChI is InChI=1S/C70H54N4O2/c1-70(2,3)52-38-36-51(37-39-52)60-32-19-31-59(50-24-11-6-12-25-50)69(60)76-56-42-43-71-67(46-56)74-63-33-14-13-28-61(63)62-41-40-55(45-66(62)74)75-54-27-17-26-53(44-54)72-47-73(65-35-16-15-34-64(65)72)68-57(48-20-7-4-8-21-48)29-18-30-58(68)49-22-9-5-10-23-49/h4-46H,47H2,1-3H3/i4D,5D,6D,7D,8D,9D,10D,11D,12D,20D,21D,22D,23D,24D,25D. The smallest absolute Gasteiger partial charge is 0.143 e. The number of nitrogens with zero attached hydrogens (tertiary/aromatic N) is 4. The summed E-state index contributed by atoms with van der Waals surface area (Å²) in [6.45, 7) is 6.45. The van der Waals surface area contributed by atoms with Crippen molar-refractivity contribution in [3.63, 3.8) is 0 Å². The molecule has 6 nitrogen and oxygen atoms in total. The topological polar surface area (TPSA) is 42.8 Å². The molecule has 6 heteroatoms. The average Bonchev–Trinajstić information content (AvgIpc) is 1.74. The van der Waals surface area contributed by atoms with Gasteiger partial charge in [0.25, 0.3) is 0 Å². The van der Waals surface area contributed by atoms with Gasteiger partial charge in [-0.25, -0.2) is 4.98 Å². The molecule has 12 aromatic rings. The Hall–Kier alpha value is -9.65. The highest BCUT2D eigenvalue weighted by molar-refractivity contribution is 6.09. The Morgan fingerprint density at radius 2 is 1.00 bits per heavy atom. The Balaban J connectivity index is 0.886. The van der Waals surface area contributed by atoms with Gasteiger partial charge >= 0.3 is 0 Å². The molecule has 0 N–H and O–H groups in total. The summed E-state index contributed by atoms with van der Waals surface area (Å²) in [5.41, 5.74) is 6.65. The van der Waals surface area contributed by atoms with Crippen molar-refractivity contribution in [3.8, 4) is 73.3 Å². The summed E-state index contributed by atoms with van der Waals surface area (Å²) in [4.78, 5) is 8.76. The minimum atomic E-state index is -0.580. The number of benzene rings is 10. The number of hydrogen-bond donors (Lipinski definition) is 0. The molecule has 0 saturated heterocycles. The third kappa shape index (κ3) is 8.59. The van der Waals surface area contributed by atoms with E-state index in [0.717, 1.165) is 32.9 Å². The molecule has 0 bridgehead atoms. The summed E-state index contributed by atoms with van der Waals surface area (Å²) >= 11 is 0. The predicted octanol–water partition coefficient (Wildman–Crippen LogP) is 19.0. The zero-order chi connectivity index (χ0) is 64.2. The van der Waals surface area contributed by atoms with Gasteiger partial charge in [-0.2, -0.15) is 0 Å². The SMILES string of the molecule is [2H]c1c([2H])c([2H])c(-c2cccc(-c3ccc(C(C)(C)C)cc3)c2Oc2ccnc(-n3c4ccccc4c4ccc(Oc5cccc(N6CN(c7c(-c8c([2H])c([2H])c([2H])c([2H])c8[2H])cccc7-c7c([2H])c([2H])c([2H])c([2H])c7[2H])c7ccccc76)c5)cc43)c2)c([2H])c1[2H]. The van der Waals surface area contributed by atoms with Crippen molar-refractivity contribution in [3.05, 3.63) is 266 Å². The van der Waals surface area contributed by atoms with Gasteiger partial charge in [0.1, 0.15) is 35.5 Å². The molecule has 0 aliphatic carbocycles. The second kappa shape index (κ2) is 19.3. The number of fused-ring (bicyclic) bond motifs is 4. The largest absolute Gasteiger partial charge is 0.457 e. The Bertz CT molecular complexity index is 4830. The van der Waals surface area contributed by atoms with Crippen LogP contribution < -0.4 is 19.3 Å². The van der Waals surface area contributed by atoms with Crippen LogP contribution in [0.4, 0.5) is 22.7 Å². The minimum absolute atomic E-state index is 0.00336. The average molecular weight is 998 g/mol. The van der Waals surface area contributed by atoms with Crippen molar-refractivity contribution < 1.29 is 30.0 Å². The second-order valence-electron chi connectivity index (χ2n) is 19.3. The Morgan fingerprint density at radius 3 is 1.67 bits per heavy atom. The summed E-state index contributed by atoms with van der Waals surface area (Å²) in [5.74, 6) is 2.07. The number of hydrogen-bond acceptors (Lipinski definition) is 5. The van der Waals surface area contributed by atoms with Crippen LogP contribution in [0.1, 0.15) is 46.9 Å². The second-order valence-corrected chi connectivity index (χ2v) is 19.3. The quantitative estimate of drug-likeness (QED) is 0.129. The Kier molecular flexibility index (Phi) is 8.27. The van der Waals surface area contributed by atoms with E-state index in [0.29, 0.717) is 51.3 Å². The van der Waals surface area contributed by atoms with Gasteiger partial charge < -0.3 is 19.3 Å². The van der Waals surface area contributed by atoms with Crippen LogP contribution in [-0.4, -0.2) is 16.2 Å². The van der Waals surface area contributed by atoms with Crippen LogP contribution >= 0.6 is 0 Å². The summed E-state index contributed by atoms with van der Waals surface area (Å²) < 4.78 is 147. The molecular weight excluding hydrogens is 929 g/mol. The van der Waals surface area contributed by atoms with Crippen LogP contribution in [0.25, 0.3) is 72.1 Å². The lowest BCUT2D eigenvalue weighted by molar-refractivity contribution is 0.483. The minimum Gasteiger partial charge on any atom is -0.457 e. The van der Waals surface area contributed by atoms with Crippen molar-refractivity contribution in [2.75, 3.05) is 16.5 Å². The van der Waals surface area contributed by atoms with E-state index in [9.17, 15) is 0 Å². The molecule has 0 amide bonds. The molecule has 0 unspecified atom stereocenters. The van der Waals surface area contributed by atoms with Crippen molar-refractivity contribution in [1.82, 2.24) is 9.55 Å². The van der Waals surface area contributed by atoms with Crippen LogP contribution in [-0.2, 0) is 5.41 Å². The third-order valence-electron chi connectivity index (χ3n) is 13.6. The number of rotatable bonds is 11. The number of pyridine rings is 1. The molecule has 13 rings (SSSR count). The first kappa shape index (κ1) is 32.5. The number of aromatic nitrogens is 2. The lowest BCUT2D eigenvalue weighted by Crippen LogP contribution is -2.24. The van der Waals surface area contributed by atoms with Crippen molar-refractivity contribution in [1.29, 1.82) is 0 Å². The molecule has 366 valence electrons. The number of anilines is 4. The van der Waals surface area contributed by atoms with Crippen molar-refractivity contribution >= 4 is 44.6 Å². The van der Waals surface area contributed by atoms with Gasteiger partial charge in [-0.1, -0.05) is 208 Å². The van der Waals surface area contributed by atoms with E-state index in [-0.39, 0.29) is 63.4 Å². The third-order valence-corrected chi connectivity index (χ3v) is 13.6. The van der Waals surface area contributed by atoms with E-state index >= 15 is 0 Å². The summed E-state index contributed by atoms with van der Waals surface area (Å²) in [6, 6.07) is 42.9.